The monoisotopic (exact) mass is 296 g/mol. The zero-order valence-corrected chi connectivity index (χ0v) is 12.8. The summed E-state index contributed by atoms with van der Waals surface area (Å²) in [4.78, 5) is 0. The molecule has 0 aliphatic heterocycles. The van der Waals surface area contributed by atoms with Crippen molar-refractivity contribution in [3.63, 3.8) is 0 Å². The molecule has 0 nitrogen and oxygen atoms in total. The van der Waals surface area contributed by atoms with Gasteiger partial charge in [0, 0.05) is 0 Å². The van der Waals surface area contributed by atoms with Crippen molar-refractivity contribution in [3.8, 4) is 0 Å². The van der Waals surface area contributed by atoms with Gasteiger partial charge < -0.3 is 0 Å². The molecule has 0 atom stereocenters. The first-order chi connectivity index (χ1) is 8.36. The van der Waals surface area contributed by atoms with Crippen molar-refractivity contribution >= 4 is 19.4 Å². The summed E-state index contributed by atoms with van der Waals surface area (Å²) in [7, 11) is 0. The third-order valence-electron chi connectivity index (χ3n) is 2.70. The molecular formula is C16H24Se. The van der Waals surface area contributed by atoms with Gasteiger partial charge in [0.25, 0.3) is 0 Å². The Morgan fingerprint density at radius 1 is 1.06 bits per heavy atom. The van der Waals surface area contributed by atoms with Gasteiger partial charge in [-0.2, -0.15) is 0 Å². The Hall–Kier alpha value is -0.521. The molecule has 0 aliphatic carbocycles. The fourth-order valence-corrected chi connectivity index (χ4v) is 3.84. The maximum atomic E-state index is 2.51. The molecule has 94 valence electrons. The van der Waals surface area contributed by atoms with E-state index in [1.165, 1.54) is 43.0 Å². The van der Waals surface area contributed by atoms with E-state index in [0.717, 1.165) is 0 Å². The van der Waals surface area contributed by atoms with Crippen molar-refractivity contribution in [2.75, 3.05) is 0 Å². The van der Waals surface area contributed by atoms with E-state index in [0.29, 0.717) is 15.0 Å². The van der Waals surface area contributed by atoms with Crippen LogP contribution in [0.4, 0.5) is 0 Å². The summed E-state index contributed by atoms with van der Waals surface area (Å²) < 4.78 is 3.21. The molecule has 1 aromatic carbocycles. The average Bonchev–Trinajstić information content (AvgIpc) is 2.37. The van der Waals surface area contributed by atoms with E-state index in [-0.39, 0.29) is 0 Å². The fraction of sp³-hybridized carbons (Fsp3) is 0.500. The van der Waals surface area contributed by atoms with Crippen LogP contribution in [-0.2, 0) is 0 Å². The molecule has 0 aromatic heterocycles. The third-order valence-corrected chi connectivity index (χ3v) is 5.09. The van der Waals surface area contributed by atoms with Crippen LogP contribution >= 0.6 is 0 Å². The zero-order valence-electron chi connectivity index (χ0n) is 11.1. The molecule has 17 heavy (non-hydrogen) atoms. The first-order valence-electron chi connectivity index (χ1n) is 6.78. The Balaban J connectivity index is 2.53. The Bertz CT molecular complexity index is 314. The summed E-state index contributed by atoms with van der Waals surface area (Å²) in [5.74, 6) is 0. The molecule has 0 spiro atoms. The van der Waals surface area contributed by atoms with E-state index in [1.807, 2.05) is 0 Å². The first-order valence-corrected chi connectivity index (χ1v) is 8.50. The minimum absolute atomic E-state index is 0.546. The zero-order chi connectivity index (χ0) is 12.3. The van der Waals surface area contributed by atoms with Crippen LogP contribution in [0.5, 0.6) is 0 Å². The summed E-state index contributed by atoms with van der Waals surface area (Å²) in [6.45, 7) is 4.54. The first kappa shape index (κ1) is 14.5. The second-order valence-electron chi connectivity index (χ2n) is 4.33. The van der Waals surface area contributed by atoms with Crippen LogP contribution < -0.4 is 4.46 Å². The molecule has 0 saturated carbocycles. The molecule has 1 heteroatoms. The molecular weight excluding hydrogens is 271 g/mol. The number of benzene rings is 1. The maximum absolute atomic E-state index is 2.51. The van der Waals surface area contributed by atoms with Crippen molar-refractivity contribution in [3.05, 3.63) is 40.9 Å². The van der Waals surface area contributed by atoms with Crippen LogP contribution in [-0.4, -0.2) is 15.0 Å². The Labute approximate surface area is 113 Å². The standard InChI is InChI=1S/C16H24Se/c1-3-5-8-12-15(11-6-4-2)17-16-13-9-7-10-14-16/h7,9-10,12-14H,3-6,8,11H2,1-2H3/b15-12+. The van der Waals surface area contributed by atoms with Gasteiger partial charge in [0.05, 0.1) is 0 Å². The molecule has 0 aliphatic rings. The molecule has 1 aromatic rings. The normalized spacial score (nSPS) is 11.8. The number of hydrogen-bond acceptors (Lipinski definition) is 0. The van der Waals surface area contributed by atoms with Crippen molar-refractivity contribution in [1.82, 2.24) is 0 Å². The minimum atomic E-state index is 0.546. The van der Waals surface area contributed by atoms with Crippen molar-refractivity contribution in [1.29, 1.82) is 0 Å². The predicted molar refractivity (Wildman–Crippen MR) is 79.0 cm³/mol. The van der Waals surface area contributed by atoms with Crippen LogP contribution in [0.2, 0.25) is 0 Å². The predicted octanol–water partition coefficient (Wildman–Crippen LogP) is 4.28. The van der Waals surface area contributed by atoms with E-state index < -0.39 is 0 Å². The Morgan fingerprint density at radius 3 is 2.41 bits per heavy atom. The van der Waals surface area contributed by atoms with Gasteiger partial charge in [0.2, 0.25) is 0 Å². The van der Waals surface area contributed by atoms with Gasteiger partial charge >= 0.3 is 113 Å². The van der Waals surface area contributed by atoms with Crippen molar-refractivity contribution in [2.24, 2.45) is 0 Å². The topological polar surface area (TPSA) is 0 Å². The SMILES string of the molecule is CCCC/C=C(\CCCC)[Se]c1ccccc1. The quantitative estimate of drug-likeness (QED) is 0.496. The summed E-state index contributed by atoms with van der Waals surface area (Å²) in [5.41, 5.74) is 0. The molecule has 0 unspecified atom stereocenters. The van der Waals surface area contributed by atoms with Crippen LogP contribution in [0.15, 0.2) is 40.9 Å². The third kappa shape index (κ3) is 6.71. The number of hydrogen-bond donors (Lipinski definition) is 0. The molecule has 0 heterocycles. The number of unbranched alkanes of at least 4 members (excludes halogenated alkanes) is 3. The summed E-state index contributed by atoms with van der Waals surface area (Å²) in [6, 6.07) is 10.9. The van der Waals surface area contributed by atoms with Crippen molar-refractivity contribution in [2.45, 2.75) is 52.4 Å². The average molecular weight is 295 g/mol. The molecule has 0 radical (unpaired) electrons. The van der Waals surface area contributed by atoms with Gasteiger partial charge in [0.1, 0.15) is 0 Å². The van der Waals surface area contributed by atoms with E-state index in [2.05, 4.69) is 50.3 Å². The van der Waals surface area contributed by atoms with E-state index in [4.69, 9.17) is 0 Å². The van der Waals surface area contributed by atoms with Crippen molar-refractivity contribution < 1.29 is 0 Å². The molecule has 0 saturated heterocycles. The molecule has 1 rings (SSSR count). The van der Waals surface area contributed by atoms with Crippen LogP contribution in [0.3, 0.4) is 0 Å². The number of allylic oxidation sites excluding steroid dienone is 2. The van der Waals surface area contributed by atoms with Crippen LogP contribution in [0.1, 0.15) is 52.4 Å². The van der Waals surface area contributed by atoms with Gasteiger partial charge in [-0.05, 0) is 0 Å². The van der Waals surface area contributed by atoms with Gasteiger partial charge in [-0.3, -0.25) is 0 Å². The molecule has 0 amide bonds. The Morgan fingerprint density at radius 2 is 1.76 bits per heavy atom. The summed E-state index contributed by atoms with van der Waals surface area (Å²) in [5, 5.41) is 0. The van der Waals surface area contributed by atoms with Gasteiger partial charge in [0.15, 0.2) is 0 Å². The fourth-order valence-electron chi connectivity index (χ4n) is 1.65. The second-order valence-corrected chi connectivity index (χ2v) is 6.85. The summed E-state index contributed by atoms with van der Waals surface area (Å²) in [6.07, 6.45) is 10.4. The van der Waals surface area contributed by atoms with Crippen LogP contribution in [0, 0.1) is 0 Å². The van der Waals surface area contributed by atoms with Gasteiger partial charge in [-0.1, -0.05) is 0 Å². The van der Waals surface area contributed by atoms with E-state index in [9.17, 15) is 0 Å². The van der Waals surface area contributed by atoms with Gasteiger partial charge in [-0.15, -0.1) is 0 Å². The Kier molecular flexibility index (Phi) is 8.13. The van der Waals surface area contributed by atoms with Gasteiger partial charge in [-0.25, -0.2) is 0 Å². The molecule has 0 fully saturated rings. The number of rotatable bonds is 8. The molecule has 0 N–H and O–H groups in total. The van der Waals surface area contributed by atoms with Crippen LogP contribution in [0.25, 0.3) is 0 Å². The summed E-state index contributed by atoms with van der Waals surface area (Å²) >= 11 is 0.546. The van der Waals surface area contributed by atoms with E-state index >= 15 is 0 Å². The second kappa shape index (κ2) is 9.50. The van der Waals surface area contributed by atoms with E-state index in [1.54, 1.807) is 4.47 Å². The molecule has 0 bridgehead atoms.